The third kappa shape index (κ3) is 5.46. The minimum atomic E-state index is -2.17. The minimum Gasteiger partial charge on any atom is -0.481 e. The summed E-state index contributed by atoms with van der Waals surface area (Å²) >= 11 is 0. The molecule has 6 rings (SSSR count). The Hall–Kier alpha value is -4.11. The van der Waals surface area contributed by atoms with E-state index in [1.807, 2.05) is 24.3 Å². The number of ether oxygens (including phenoxy) is 2. The first kappa shape index (κ1) is 27.1. The number of para-hydroxylation sites is 2. The number of hydrogen-bond acceptors (Lipinski definition) is 7. The van der Waals surface area contributed by atoms with Gasteiger partial charge in [0.2, 0.25) is 5.78 Å². The van der Waals surface area contributed by atoms with Crippen LogP contribution in [0.5, 0.6) is 5.75 Å². The maximum atomic E-state index is 13.7. The zero-order chi connectivity index (χ0) is 28.2. The molecule has 2 aliphatic heterocycles. The molecule has 41 heavy (non-hydrogen) atoms. The number of benzene rings is 3. The van der Waals surface area contributed by atoms with Crippen LogP contribution in [0, 0.1) is 0 Å². The van der Waals surface area contributed by atoms with Crippen LogP contribution < -0.4 is 4.74 Å². The van der Waals surface area contributed by atoms with Crippen molar-refractivity contribution >= 4 is 22.7 Å². The van der Waals surface area contributed by atoms with Crippen LogP contribution in [0.25, 0.3) is 10.9 Å². The average Bonchev–Trinajstić information content (AvgIpc) is 3.01. The number of Topliss-reactive ketones (excluding diaryl/α,β-unsaturated/α-hetero) is 1. The monoisotopic (exact) mass is 551 g/mol. The highest BCUT2D eigenvalue weighted by Crippen LogP contribution is 2.43. The standard InChI is InChI=1S/C33H33N3O5/c37-30-27-12-5-7-14-29(27)41-31(25-10-2-1-3-11-25)33(30,32(38)39)40-22-8-17-35-18-20-36(21-19-35)23-26-16-15-24-9-4-6-13-28(24)34-26/h1-7,9-16,31H,8,17-23H2,(H,38,39). The number of carboxylic acids is 1. The molecule has 0 radical (unpaired) electrons. The first-order valence-electron chi connectivity index (χ1n) is 14.1. The van der Waals surface area contributed by atoms with Gasteiger partial charge >= 0.3 is 5.97 Å². The molecular weight excluding hydrogens is 518 g/mol. The highest BCUT2D eigenvalue weighted by molar-refractivity contribution is 6.17. The van der Waals surface area contributed by atoms with E-state index in [1.54, 1.807) is 48.5 Å². The van der Waals surface area contributed by atoms with Gasteiger partial charge in [0.1, 0.15) is 5.75 Å². The Labute approximate surface area is 239 Å². The summed E-state index contributed by atoms with van der Waals surface area (Å²) in [6.07, 6.45) is -0.506. The van der Waals surface area contributed by atoms with Crippen molar-refractivity contribution in [1.82, 2.24) is 14.8 Å². The summed E-state index contributed by atoms with van der Waals surface area (Å²) in [6.45, 7) is 5.33. The second kappa shape index (κ2) is 11.8. The quantitative estimate of drug-likeness (QED) is 0.238. The molecule has 210 valence electrons. The molecule has 8 nitrogen and oxygen atoms in total. The van der Waals surface area contributed by atoms with E-state index in [4.69, 9.17) is 14.5 Å². The molecule has 2 unspecified atom stereocenters. The van der Waals surface area contributed by atoms with Crippen LogP contribution in [0.1, 0.15) is 34.1 Å². The molecule has 1 fully saturated rings. The van der Waals surface area contributed by atoms with Gasteiger partial charge in [-0.2, -0.15) is 0 Å². The number of aliphatic carboxylic acids is 1. The third-order valence-electron chi connectivity index (χ3n) is 7.96. The van der Waals surface area contributed by atoms with Crippen molar-refractivity contribution in [2.75, 3.05) is 39.3 Å². The number of aromatic nitrogens is 1. The molecular formula is C33H33N3O5. The van der Waals surface area contributed by atoms with E-state index in [0.717, 1.165) is 55.9 Å². The lowest BCUT2D eigenvalue weighted by atomic mass is 9.81. The fourth-order valence-electron chi connectivity index (χ4n) is 5.75. The predicted molar refractivity (Wildman–Crippen MR) is 155 cm³/mol. The fraction of sp³-hybridized carbons (Fsp3) is 0.303. The van der Waals surface area contributed by atoms with Gasteiger partial charge in [-0.05, 0) is 36.2 Å². The summed E-state index contributed by atoms with van der Waals surface area (Å²) in [5, 5.41) is 11.6. The first-order valence-corrected chi connectivity index (χ1v) is 14.1. The molecule has 0 saturated carbocycles. The molecule has 0 amide bonds. The van der Waals surface area contributed by atoms with Crippen LogP contribution >= 0.6 is 0 Å². The molecule has 8 heteroatoms. The molecule has 4 aromatic rings. The van der Waals surface area contributed by atoms with Crippen molar-refractivity contribution in [3.63, 3.8) is 0 Å². The Morgan fingerprint density at radius 1 is 0.902 bits per heavy atom. The molecule has 0 spiro atoms. The highest BCUT2D eigenvalue weighted by Gasteiger charge is 2.59. The molecule has 2 aliphatic rings. The largest absolute Gasteiger partial charge is 0.481 e. The summed E-state index contributed by atoms with van der Waals surface area (Å²) in [6, 6.07) is 28.1. The normalized spacial score (nSPS) is 21.4. The van der Waals surface area contributed by atoms with Crippen molar-refractivity contribution in [2.45, 2.75) is 24.7 Å². The summed E-state index contributed by atoms with van der Waals surface area (Å²) in [5.74, 6) is -1.57. The molecule has 1 N–H and O–H groups in total. The van der Waals surface area contributed by atoms with Crippen molar-refractivity contribution in [3.8, 4) is 5.75 Å². The van der Waals surface area contributed by atoms with E-state index in [0.29, 0.717) is 17.7 Å². The maximum Gasteiger partial charge on any atom is 0.348 e. The maximum absolute atomic E-state index is 13.7. The number of rotatable bonds is 9. The van der Waals surface area contributed by atoms with E-state index < -0.39 is 23.5 Å². The Kier molecular flexibility index (Phi) is 7.78. The van der Waals surface area contributed by atoms with Gasteiger partial charge in [0, 0.05) is 44.7 Å². The molecule has 3 heterocycles. The van der Waals surface area contributed by atoms with E-state index >= 15 is 0 Å². The SMILES string of the molecule is O=C(O)C1(OCCCN2CCN(Cc3ccc4ccccc4n3)CC2)C(=O)c2ccccc2OC1c1ccccc1. The molecule has 1 saturated heterocycles. The Morgan fingerprint density at radius 2 is 1.61 bits per heavy atom. The van der Waals surface area contributed by atoms with Gasteiger partial charge in [-0.25, -0.2) is 4.79 Å². The second-order valence-corrected chi connectivity index (χ2v) is 10.6. The van der Waals surface area contributed by atoms with E-state index in [-0.39, 0.29) is 12.2 Å². The summed E-state index contributed by atoms with van der Waals surface area (Å²) in [7, 11) is 0. The zero-order valence-electron chi connectivity index (χ0n) is 22.8. The fourth-order valence-corrected chi connectivity index (χ4v) is 5.75. The highest BCUT2D eigenvalue weighted by atomic mass is 16.6. The van der Waals surface area contributed by atoms with Gasteiger partial charge in [-0.15, -0.1) is 0 Å². The summed E-state index contributed by atoms with van der Waals surface area (Å²) < 4.78 is 12.2. The molecule has 2 atom stereocenters. The van der Waals surface area contributed by atoms with E-state index in [2.05, 4.69) is 28.0 Å². The smallest absolute Gasteiger partial charge is 0.348 e. The molecule has 0 bridgehead atoms. The average molecular weight is 552 g/mol. The van der Waals surface area contributed by atoms with Gasteiger partial charge in [-0.3, -0.25) is 14.7 Å². The van der Waals surface area contributed by atoms with Crippen LogP contribution in [0.15, 0.2) is 91.0 Å². The van der Waals surface area contributed by atoms with Crippen LogP contribution in [0.2, 0.25) is 0 Å². The molecule has 1 aromatic heterocycles. The Morgan fingerprint density at radius 3 is 2.41 bits per heavy atom. The Bertz CT molecular complexity index is 1540. The number of hydrogen-bond donors (Lipinski definition) is 1. The summed E-state index contributed by atoms with van der Waals surface area (Å²) in [4.78, 5) is 36.1. The second-order valence-electron chi connectivity index (χ2n) is 10.6. The minimum absolute atomic E-state index is 0.119. The van der Waals surface area contributed by atoms with Crippen molar-refractivity contribution in [2.24, 2.45) is 0 Å². The van der Waals surface area contributed by atoms with E-state index in [9.17, 15) is 14.7 Å². The van der Waals surface area contributed by atoms with Gasteiger partial charge < -0.3 is 19.5 Å². The Balaban J connectivity index is 1.07. The van der Waals surface area contributed by atoms with Gasteiger partial charge in [-0.1, -0.05) is 66.7 Å². The zero-order valence-corrected chi connectivity index (χ0v) is 22.8. The first-order chi connectivity index (χ1) is 20.0. The van der Waals surface area contributed by atoms with Crippen molar-refractivity contribution in [3.05, 3.63) is 108 Å². The number of piperazine rings is 1. The van der Waals surface area contributed by atoms with Crippen molar-refractivity contribution < 1.29 is 24.2 Å². The number of ketones is 1. The predicted octanol–water partition coefficient (Wildman–Crippen LogP) is 4.60. The number of fused-ring (bicyclic) bond motifs is 2. The lowest BCUT2D eigenvalue weighted by molar-refractivity contribution is -0.172. The van der Waals surface area contributed by atoms with Crippen molar-refractivity contribution in [1.29, 1.82) is 0 Å². The molecule has 3 aromatic carbocycles. The number of nitrogens with zero attached hydrogens (tertiary/aromatic N) is 3. The lowest BCUT2D eigenvalue weighted by Gasteiger charge is -2.40. The molecule has 0 aliphatic carbocycles. The lowest BCUT2D eigenvalue weighted by Crippen LogP contribution is -2.58. The number of carbonyl (C=O) groups excluding carboxylic acids is 1. The topological polar surface area (TPSA) is 92.2 Å². The van der Waals surface area contributed by atoms with Crippen LogP contribution in [-0.2, 0) is 16.1 Å². The van der Waals surface area contributed by atoms with Gasteiger partial charge in [0.15, 0.2) is 6.10 Å². The number of carbonyl (C=O) groups is 2. The van der Waals surface area contributed by atoms with Crippen LogP contribution in [-0.4, -0.2) is 76.6 Å². The van der Waals surface area contributed by atoms with Crippen LogP contribution in [0.4, 0.5) is 0 Å². The third-order valence-corrected chi connectivity index (χ3v) is 7.96. The van der Waals surface area contributed by atoms with E-state index in [1.165, 1.54) is 0 Å². The summed E-state index contributed by atoms with van der Waals surface area (Å²) in [5.41, 5.74) is 0.719. The van der Waals surface area contributed by atoms with Crippen LogP contribution in [0.3, 0.4) is 0 Å². The van der Waals surface area contributed by atoms with Gasteiger partial charge in [0.05, 0.1) is 23.4 Å². The van der Waals surface area contributed by atoms with Gasteiger partial charge in [0.25, 0.3) is 5.60 Å². The number of carboxylic acid groups (broad SMARTS) is 1. The number of pyridine rings is 1.